The molecule has 0 aliphatic carbocycles. The maximum atomic E-state index is 11.6. The first kappa shape index (κ1) is 39.4. The van der Waals surface area contributed by atoms with Gasteiger partial charge in [0.25, 0.3) is 0 Å². The van der Waals surface area contributed by atoms with E-state index in [1.165, 1.54) is 27.9 Å². The fraction of sp³-hybridized carbons (Fsp3) is 0.722. The Labute approximate surface area is 261 Å². The van der Waals surface area contributed by atoms with E-state index in [2.05, 4.69) is 78.8 Å². The Morgan fingerprint density at radius 3 is 1.65 bits per heavy atom. The minimum Gasteiger partial charge on any atom is -0.394 e. The molecule has 43 heavy (non-hydrogen) atoms. The number of hydrogen-bond donors (Lipinski definition) is 5. The lowest BCUT2D eigenvalue weighted by Crippen LogP contribution is -2.60. The molecular formula is C36H62O7. The molecule has 0 radical (unpaired) electrons. The van der Waals surface area contributed by atoms with Crippen molar-refractivity contribution < 1.29 is 35.0 Å². The Morgan fingerprint density at radius 2 is 1.16 bits per heavy atom. The summed E-state index contributed by atoms with van der Waals surface area (Å²) in [5.41, 5.74) is 5.32. The third kappa shape index (κ3) is 15.8. The molecule has 1 heterocycles. The molecule has 0 aromatic heterocycles. The van der Waals surface area contributed by atoms with Gasteiger partial charge in [-0.2, -0.15) is 0 Å². The van der Waals surface area contributed by atoms with Crippen molar-refractivity contribution in [1.82, 2.24) is 0 Å². The van der Waals surface area contributed by atoms with Crippen LogP contribution in [0.15, 0.2) is 58.2 Å². The second-order valence-corrected chi connectivity index (χ2v) is 13.1. The Balaban J connectivity index is 2.91. The third-order valence-electron chi connectivity index (χ3n) is 8.12. The summed E-state index contributed by atoms with van der Waals surface area (Å²) in [6, 6.07) is 0. The maximum absolute atomic E-state index is 11.6. The zero-order chi connectivity index (χ0) is 32.6. The standard InChI is InChI=1S/C36H62O7/c1-25(2)14-9-16-27(5)18-11-19-28(6)20-12-22-31(43-35-34(40)33(39)32(38)30(24-37)42-35)36(8,41)23-13-21-29(7)17-10-15-26(3)4/h14-15,18,20-21,30-35,37-41H,9-13,16-17,19,22-24H2,1-8H3/b27-18+,28-20+,29-21+/t30-,31-,32+,33-,34+,35-,36+/m1/s1. The average Bonchev–Trinajstić information content (AvgIpc) is 2.91. The zero-order valence-electron chi connectivity index (χ0n) is 28.2. The normalized spacial score (nSPS) is 25.7. The predicted octanol–water partition coefficient (Wildman–Crippen LogP) is 6.59. The zero-order valence-corrected chi connectivity index (χ0v) is 28.2. The average molecular weight is 607 g/mol. The van der Waals surface area contributed by atoms with E-state index in [0.29, 0.717) is 25.7 Å². The molecule has 0 spiro atoms. The monoisotopic (exact) mass is 606 g/mol. The number of aliphatic hydroxyl groups excluding tert-OH is 4. The summed E-state index contributed by atoms with van der Waals surface area (Å²) in [6.45, 7) is 16.0. The van der Waals surface area contributed by atoms with Crippen molar-refractivity contribution in [1.29, 1.82) is 0 Å². The summed E-state index contributed by atoms with van der Waals surface area (Å²) in [5.74, 6) is 0. The molecule has 0 saturated carbocycles. The molecule has 7 heteroatoms. The van der Waals surface area contributed by atoms with E-state index >= 15 is 0 Å². The van der Waals surface area contributed by atoms with Gasteiger partial charge in [0.2, 0.25) is 0 Å². The first-order valence-electron chi connectivity index (χ1n) is 16.1. The molecule has 1 fully saturated rings. The van der Waals surface area contributed by atoms with Gasteiger partial charge in [0, 0.05) is 0 Å². The van der Waals surface area contributed by atoms with Gasteiger partial charge in [-0.3, -0.25) is 0 Å². The van der Waals surface area contributed by atoms with Crippen LogP contribution in [0.5, 0.6) is 0 Å². The van der Waals surface area contributed by atoms with Gasteiger partial charge in [-0.15, -0.1) is 0 Å². The second kappa shape index (κ2) is 20.5. The van der Waals surface area contributed by atoms with E-state index in [-0.39, 0.29) is 0 Å². The smallest absolute Gasteiger partial charge is 0.187 e. The minimum absolute atomic E-state index is 0.439. The van der Waals surface area contributed by atoms with E-state index in [9.17, 15) is 25.5 Å². The fourth-order valence-corrected chi connectivity index (χ4v) is 5.15. The Kier molecular flexibility index (Phi) is 18.8. The highest BCUT2D eigenvalue weighted by Gasteiger charge is 2.46. The molecule has 1 saturated heterocycles. The van der Waals surface area contributed by atoms with Crippen LogP contribution in [0, 0.1) is 0 Å². The Morgan fingerprint density at radius 1 is 0.698 bits per heavy atom. The fourth-order valence-electron chi connectivity index (χ4n) is 5.15. The van der Waals surface area contributed by atoms with Gasteiger partial charge in [-0.25, -0.2) is 0 Å². The first-order valence-corrected chi connectivity index (χ1v) is 16.1. The summed E-state index contributed by atoms with van der Waals surface area (Å²) < 4.78 is 11.8. The van der Waals surface area contributed by atoms with Gasteiger partial charge >= 0.3 is 0 Å². The summed E-state index contributed by atoms with van der Waals surface area (Å²) in [7, 11) is 0. The molecule has 0 bridgehead atoms. The first-order chi connectivity index (χ1) is 20.2. The summed E-state index contributed by atoms with van der Waals surface area (Å²) in [6.07, 6.45) is 11.8. The van der Waals surface area contributed by atoms with Gasteiger partial charge in [0.15, 0.2) is 6.29 Å². The van der Waals surface area contributed by atoms with Crippen LogP contribution in [-0.2, 0) is 9.47 Å². The van der Waals surface area contributed by atoms with Crippen LogP contribution in [0.25, 0.3) is 0 Å². The van der Waals surface area contributed by atoms with Crippen molar-refractivity contribution in [2.45, 2.75) is 162 Å². The lowest BCUT2D eigenvalue weighted by molar-refractivity contribution is -0.323. The predicted molar refractivity (Wildman–Crippen MR) is 176 cm³/mol. The Hall–Kier alpha value is -1.58. The van der Waals surface area contributed by atoms with E-state index in [1.807, 2.05) is 0 Å². The Bertz CT molecular complexity index is 949. The second-order valence-electron chi connectivity index (χ2n) is 13.1. The highest BCUT2D eigenvalue weighted by atomic mass is 16.7. The molecule has 1 rings (SSSR count). The largest absolute Gasteiger partial charge is 0.394 e. The van der Waals surface area contributed by atoms with Crippen LogP contribution < -0.4 is 0 Å². The van der Waals surface area contributed by atoms with E-state index in [0.717, 1.165) is 38.5 Å². The van der Waals surface area contributed by atoms with Crippen molar-refractivity contribution in [3.8, 4) is 0 Å². The number of rotatable bonds is 19. The quantitative estimate of drug-likeness (QED) is 0.105. The number of ether oxygens (including phenoxy) is 2. The summed E-state index contributed by atoms with van der Waals surface area (Å²) in [5, 5.41) is 52.2. The molecule has 0 aromatic rings. The molecule has 0 aromatic carbocycles. The van der Waals surface area contributed by atoms with Crippen molar-refractivity contribution >= 4 is 0 Å². The van der Waals surface area contributed by atoms with Crippen LogP contribution >= 0.6 is 0 Å². The molecule has 5 N–H and O–H groups in total. The van der Waals surface area contributed by atoms with Gasteiger partial charge < -0.3 is 35.0 Å². The molecule has 0 amide bonds. The number of aliphatic hydroxyl groups is 5. The molecule has 7 atom stereocenters. The molecule has 7 nitrogen and oxygen atoms in total. The minimum atomic E-state index is -1.53. The summed E-state index contributed by atoms with van der Waals surface area (Å²) in [4.78, 5) is 0. The lowest BCUT2D eigenvalue weighted by atomic mass is 9.89. The lowest BCUT2D eigenvalue weighted by Gasteiger charge is -2.43. The molecule has 248 valence electrons. The van der Waals surface area contributed by atoms with Gasteiger partial charge in [-0.05, 0) is 120 Å². The van der Waals surface area contributed by atoms with Crippen LogP contribution in [0.2, 0.25) is 0 Å². The summed E-state index contributed by atoms with van der Waals surface area (Å²) >= 11 is 0. The van der Waals surface area contributed by atoms with Gasteiger partial charge in [0.1, 0.15) is 24.4 Å². The van der Waals surface area contributed by atoms with Crippen molar-refractivity contribution in [3.05, 3.63) is 58.2 Å². The maximum Gasteiger partial charge on any atom is 0.187 e. The SMILES string of the molecule is CC(C)=CCC/C(C)=C/CC/C(C)=C/CC[C@@H](O[C@H]1O[C@H](CO)[C@H](O)[C@@H](O)[C@@H]1O)[C@@](C)(O)CC/C=C(\C)CCC=C(C)C. The molecule has 0 unspecified atom stereocenters. The van der Waals surface area contributed by atoms with Crippen molar-refractivity contribution in [2.75, 3.05) is 6.61 Å². The number of hydrogen-bond acceptors (Lipinski definition) is 7. The van der Waals surface area contributed by atoms with E-state index in [1.54, 1.807) is 6.92 Å². The topological polar surface area (TPSA) is 120 Å². The van der Waals surface area contributed by atoms with Gasteiger partial charge in [0.05, 0.1) is 18.3 Å². The molecule has 1 aliphatic rings. The van der Waals surface area contributed by atoms with E-state index < -0.39 is 49.0 Å². The van der Waals surface area contributed by atoms with Crippen molar-refractivity contribution in [3.63, 3.8) is 0 Å². The third-order valence-corrected chi connectivity index (χ3v) is 8.12. The van der Waals surface area contributed by atoms with E-state index in [4.69, 9.17) is 9.47 Å². The van der Waals surface area contributed by atoms with Crippen LogP contribution in [0.4, 0.5) is 0 Å². The van der Waals surface area contributed by atoms with Gasteiger partial charge in [-0.1, -0.05) is 58.2 Å². The van der Waals surface area contributed by atoms with Crippen LogP contribution in [0.1, 0.15) is 120 Å². The van der Waals surface area contributed by atoms with Crippen molar-refractivity contribution in [2.24, 2.45) is 0 Å². The molecular weight excluding hydrogens is 544 g/mol. The van der Waals surface area contributed by atoms with Crippen LogP contribution in [0.3, 0.4) is 0 Å². The van der Waals surface area contributed by atoms with Crippen LogP contribution in [-0.4, -0.2) is 74.6 Å². The molecule has 1 aliphatic heterocycles. The number of allylic oxidation sites excluding steroid dienone is 10. The highest BCUT2D eigenvalue weighted by Crippen LogP contribution is 2.30. The highest BCUT2D eigenvalue weighted by molar-refractivity contribution is 5.06.